The van der Waals surface area contributed by atoms with Gasteiger partial charge in [-0.1, -0.05) is 0 Å². The molecule has 0 aromatic heterocycles. The van der Waals surface area contributed by atoms with Gasteiger partial charge in [0.05, 0.1) is 17.6 Å². The number of benzene rings is 1. The normalized spacial score (nSPS) is 22.9. The number of sulfonamides is 1. The van der Waals surface area contributed by atoms with Crippen LogP contribution in [0.1, 0.15) is 12.0 Å². The molecule has 0 N–H and O–H groups in total. The van der Waals surface area contributed by atoms with Crippen molar-refractivity contribution in [3.8, 4) is 6.07 Å². The van der Waals surface area contributed by atoms with Crippen LogP contribution in [0.4, 0.5) is 4.39 Å². The molecule has 0 radical (unpaired) electrons. The van der Waals surface area contributed by atoms with Crippen LogP contribution in [-0.2, 0) is 14.8 Å². The molecule has 1 atom stereocenters. The van der Waals surface area contributed by atoms with Gasteiger partial charge in [0.1, 0.15) is 11.4 Å². The summed E-state index contributed by atoms with van der Waals surface area (Å²) in [4.78, 5) is -0.154. The Morgan fingerprint density at radius 3 is 2.65 bits per heavy atom. The van der Waals surface area contributed by atoms with E-state index in [1.165, 1.54) is 19.2 Å². The average Bonchev–Trinajstić information content (AvgIpc) is 2.86. The predicted octanol–water partition coefficient (Wildman–Crippen LogP) is 1.44. The topological polar surface area (TPSA) is 70.4 Å². The number of hydrogen-bond donors (Lipinski definition) is 0. The van der Waals surface area contributed by atoms with E-state index < -0.39 is 21.4 Å². The first-order valence-corrected chi connectivity index (χ1v) is 7.51. The maximum Gasteiger partial charge on any atom is 0.244 e. The largest absolute Gasteiger partial charge is 0.378 e. The van der Waals surface area contributed by atoms with Gasteiger partial charge in [-0.25, -0.2) is 12.8 Å². The number of halogens is 1. The summed E-state index contributed by atoms with van der Waals surface area (Å²) in [5.41, 5.74) is -0.718. The maximum absolute atomic E-state index is 13.4. The Bertz CT molecular complexity index is 640. The maximum atomic E-state index is 13.4. The van der Waals surface area contributed by atoms with Crippen molar-refractivity contribution in [3.05, 3.63) is 29.6 Å². The zero-order chi connectivity index (χ0) is 15.0. The van der Waals surface area contributed by atoms with Gasteiger partial charge in [-0.3, -0.25) is 0 Å². The molecule has 1 aromatic carbocycles. The monoisotopic (exact) mass is 298 g/mol. The third kappa shape index (κ3) is 2.42. The molecule has 0 amide bonds. The number of likely N-dealkylation sites (N-methyl/N-ethyl adjacent to an activating group) is 1. The molecule has 0 bridgehead atoms. The zero-order valence-electron chi connectivity index (χ0n) is 11.3. The van der Waals surface area contributed by atoms with Crippen molar-refractivity contribution in [1.82, 2.24) is 4.31 Å². The van der Waals surface area contributed by atoms with Crippen LogP contribution in [0.15, 0.2) is 23.1 Å². The lowest BCUT2D eigenvalue weighted by Crippen LogP contribution is -2.49. The van der Waals surface area contributed by atoms with E-state index in [0.717, 1.165) is 10.4 Å². The summed E-state index contributed by atoms with van der Waals surface area (Å²) in [6, 6.07) is 5.60. The molecule has 1 aromatic rings. The molecular formula is C13H15FN2O3S. The van der Waals surface area contributed by atoms with Crippen LogP contribution >= 0.6 is 0 Å². The molecule has 1 heterocycles. The molecule has 2 rings (SSSR count). The Kier molecular flexibility index (Phi) is 3.82. The molecule has 1 fully saturated rings. The van der Waals surface area contributed by atoms with Crippen molar-refractivity contribution < 1.29 is 17.5 Å². The highest BCUT2D eigenvalue weighted by Crippen LogP contribution is 2.30. The molecule has 1 unspecified atom stereocenters. The van der Waals surface area contributed by atoms with Crippen molar-refractivity contribution in [1.29, 1.82) is 5.26 Å². The molecule has 0 spiro atoms. The first kappa shape index (κ1) is 14.9. The number of aryl methyl sites for hydroxylation is 1. The number of hydrogen-bond acceptors (Lipinski definition) is 4. The van der Waals surface area contributed by atoms with Crippen LogP contribution in [-0.4, -0.2) is 38.5 Å². The first-order valence-electron chi connectivity index (χ1n) is 6.07. The zero-order valence-corrected chi connectivity index (χ0v) is 12.1. The Hall–Kier alpha value is -1.49. The molecule has 108 valence electrons. The minimum Gasteiger partial charge on any atom is -0.378 e. The summed E-state index contributed by atoms with van der Waals surface area (Å²) in [7, 11) is -2.62. The van der Waals surface area contributed by atoms with E-state index in [9.17, 15) is 18.1 Å². The van der Waals surface area contributed by atoms with E-state index >= 15 is 0 Å². The molecule has 1 aliphatic rings. The van der Waals surface area contributed by atoms with E-state index in [4.69, 9.17) is 4.74 Å². The van der Waals surface area contributed by atoms with Crippen molar-refractivity contribution in [3.63, 3.8) is 0 Å². The number of nitrogens with zero attached hydrogens (tertiary/aromatic N) is 2. The summed E-state index contributed by atoms with van der Waals surface area (Å²) in [5.74, 6) is -0.620. The van der Waals surface area contributed by atoms with Crippen molar-refractivity contribution >= 4 is 10.0 Å². The number of nitriles is 1. The molecule has 0 saturated carbocycles. The molecule has 20 heavy (non-hydrogen) atoms. The first-order chi connectivity index (χ1) is 9.32. The van der Waals surface area contributed by atoms with Gasteiger partial charge in [0.2, 0.25) is 10.0 Å². The van der Waals surface area contributed by atoms with Crippen LogP contribution in [0, 0.1) is 24.1 Å². The molecule has 0 aliphatic carbocycles. The second kappa shape index (κ2) is 5.13. The van der Waals surface area contributed by atoms with Gasteiger partial charge < -0.3 is 4.74 Å². The third-order valence-corrected chi connectivity index (χ3v) is 5.39. The van der Waals surface area contributed by atoms with E-state index in [-0.39, 0.29) is 11.5 Å². The highest BCUT2D eigenvalue weighted by atomic mass is 32.2. The van der Waals surface area contributed by atoms with Gasteiger partial charge in [0, 0.05) is 20.1 Å². The fraction of sp³-hybridized carbons (Fsp3) is 0.462. The van der Waals surface area contributed by atoms with Crippen molar-refractivity contribution in [2.75, 3.05) is 20.3 Å². The fourth-order valence-electron chi connectivity index (χ4n) is 2.20. The summed E-state index contributed by atoms with van der Waals surface area (Å²) >= 11 is 0. The number of rotatable bonds is 3. The fourth-order valence-corrected chi connectivity index (χ4v) is 3.76. The second-order valence-corrected chi connectivity index (χ2v) is 6.85. The van der Waals surface area contributed by atoms with E-state index in [0.29, 0.717) is 18.6 Å². The molecule has 1 aliphatic heterocycles. The Morgan fingerprint density at radius 1 is 1.45 bits per heavy atom. The highest BCUT2D eigenvalue weighted by Gasteiger charge is 2.45. The van der Waals surface area contributed by atoms with E-state index in [1.54, 1.807) is 6.92 Å². The van der Waals surface area contributed by atoms with Gasteiger partial charge in [-0.05, 0) is 30.7 Å². The van der Waals surface area contributed by atoms with Gasteiger partial charge in [-0.2, -0.15) is 9.57 Å². The number of ether oxygens (including phenoxy) is 1. The summed E-state index contributed by atoms with van der Waals surface area (Å²) in [6.07, 6.45) is 0.299. The van der Waals surface area contributed by atoms with Gasteiger partial charge in [0.25, 0.3) is 0 Å². The lowest BCUT2D eigenvalue weighted by molar-refractivity contribution is 0.162. The summed E-state index contributed by atoms with van der Waals surface area (Å²) in [6.45, 7) is 1.96. The minimum atomic E-state index is -3.95. The average molecular weight is 298 g/mol. The summed E-state index contributed by atoms with van der Waals surface area (Å²) < 4.78 is 44.6. The molecule has 1 saturated heterocycles. The van der Waals surface area contributed by atoms with Crippen LogP contribution < -0.4 is 0 Å². The van der Waals surface area contributed by atoms with Crippen molar-refractivity contribution in [2.45, 2.75) is 23.8 Å². The SMILES string of the molecule is Cc1cc(F)cc(S(=O)(=O)N(C)C2(C#N)CCOC2)c1. The molecule has 7 heteroatoms. The standard InChI is InChI=1S/C13H15FN2O3S/c1-10-5-11(14)7-12(6-10)20(17,18)16(2)13(8-15)3-4-19-9-13/h5-7H,3-4,9H2,1-2H3. The predicted molar refractivity (Wildman–Crippen MR) is 69.9 cm³/mol. The minimum absolute atomic E-state index is 0.0214. The Morgan fingerprint density at radius 2 is 2.15 bits per heavy atom. The van der Waals surface area contributed by atoms with Crippen LogP contribution in [0.2, 0.25) is 0 Å². The van der Waals surface area contributed by atoms with E-state index in [1.807, 2.05) is 6.07 Å². The Labute approximate surface area is 117 Å². The smallest absolute Gasteiger partial charge is 0.244 e. The quantitative estimate of drug-likeness (QED) is 0.846. The second-order valence-electron chi connectivity index (χ2n) is 4.88. The van der Waals surface area contributed by atoms with Crippen LogP contribution in [0.25, 0.3) is 0 Å². The van der Waals surface area contributed by atoms with Gasteiger partial charge in [0.15, 0.2) is 0 Å². The van der Waals surface area contributed by atoms with Crippen LogP contribution in [0.3, 0.4) is 0 Å². The highest BCUT2D eigenvalue weighted by molar-refractivity contribution is 7.89. The van der Waals surface area contributed by atoms with Gasteiger partial charge >= 0.3 is 0 Å². The lowest BCUT2D eigenvalue weighted by atomic mass is 10.0. The molecular weight excluding hydrogens is 283 g/mol. The summed E-state index contributed by atoms with van der Waals surface area (Å²) in [5, 5.41) is 9.30. The van der Waals surface area contributed by atoms with E-state index in [2.05, 4.69) is 0 Å². The van der Waals surface area contributed by atoms with Gasteiger partial charge in [-0.15, -0.1) is 0 Å². The van der Waals surface area contributed by atoms with Crippen LogP contribution in [0.5, 0.6) is 0 Å². The molecule has 5 nitrogen and oxygen atoms in total. The Balaban J connectivity index is 2.47. The lowest BCUT2D eigenvalue weighted by Gasteiger charge is -2.30. The third-order valence-electron chi connectivity index (χ3n) is 3.49. The van der Waals surface area contributed by atoms with Crippen molar-refractivity contribution in [2.24, 2.45) is 0 Å².